The third-order valence-electron chi connectivity index (χ3n) is 6.16. The second kappa shape index (κ2) is 11.4. The van der Waals surface area contributed by atoms with Crippen molar-refractivity contribution in [2.75, 3.05) is 0 Å². The second-order valence-electron chi connectivity index (χ2n) is 10.7. The number of aryl methyl sites for hydroxylation is 1. The second-order valence-corrected chi connectivity index (χ2v) is 12.1. The molecule has 0 spiro atoms. The molecule has 0 aliphatic rings. The number of para-hydroxylation sites is 1. The van der Waals surface area contributed by atoms with Gasteiger partial charge in [-0.15, -0.1) is 11.3 Å². The summed E-state index contributed by atoms with van der Waals surface area (Å²) in [5.41, 5.74) is 5.70. The molecule has 41 heavy (non-hydrogen) atoms. The Morgan fingerprint density at radius 2 is 1.73 bits per heavy atom. The van der Waals surface area contributed by atoms with E-state index in [-0.39, 0.29) is 6.42 Å². The Kier molecular flexibility index (Phi) is 7.91. The van der Waals surface area contributed by atoms with Crippen molar-refractivity contribution in [2.24, 2.45) is 0 Å². The van der Waals surface area contributed by atoms with E-state index < -0.39 is 11.6 Å². The summed E-state index contributed by atoms with van der Waals surface area (Å²) < 4.78 is 2.76. The number of carboxylic acid groups (broad SMARTS) is 1. The van der Waals surface area contributed by atoms with Gasteiger partial charge in [-0.25, -0.2) is 14.6 Å². The van der Waals surface area contributed by atoms with E-state index >= 15 is 0 Å². The normalized spacial score (nSPS) is 11.5. The lowest BCUT2D eigenvalue weighted by Crippen LogP contribution is -2.10. The van der Waals surface area contributed by atoms with Crippen molar-refractivity contribution in [3.63, 3.8) is 0 Å². The van der Waals surface area contributed by atoms with Gasteiger partial charge in [0, 0.05) is 27.7 Å². The van der Waals surface area contributed by atoms with Gasteiger partial charge in [0.25, 0.3) is 0 Å². The van der Waals surface area contributed by atoms with Crippen LogP contribution in [0.5, 0.6) is 0 Å². The van der Waals surface area contributed by atoms with Gasteiger partial charge in [-0.05, 0) is 80.8 Å². The maximum atomic E-state index is 11.7. The zero-order chi connectivity index (χ0) is 29.3. The Labute approximate surface area is 246 Å². The van der Waals surface area contributed by atoms with Crippen molar-refractivity contribution in [1.82, 2.24) is 19.7 Å². The van der Waals surface area contributed by atoms with Crippen LogP contribution in [0.15, 0.2) is 79.1 Å². The zero-order valence-electron chi connectivity index (χ0n) is 23.1. The van der Waals surface area contributed by atoms with E-state index in [2.05, 4.69) is 10.1 Å². The monoisotopic (exact) mass is 584 g/mol. The number of aliphatic hydroxyl groups is 1. The molecular weight excluding hydrogens is 556 g/mol. The summed E-state index contributed by atoms with van der Waals surface area (Å²) in [7, 11) is 0. The number of aromatic nitrogens is 4. The molecule has 3 aromatic carbocycles. The van der Waals surface area contributed by atoms with E-state index in [1.807, 2.05) is 84.5 Å². The molecule has 3 heterocycles. The van der Waals surface area contributed by atoms with Gasteiger partial charge in [0.2, 0.25) is 0 Å². The third kappa shape index (κ3) is 6.46. The summed E-state index contributed by atoms with van der Waals surface area (Å²) in [5.74, 6) is -0.170. The number of thiazole rings is 1. The van der Waals surface area contributed by atoms with E-state index in [1.54, 1.807) is 38.3 Å². The first-order valence-corrected chi connectivity index (χ1v) is 14.2. The van der Waals surface area contributed by atoms with Crippen molar-refractivity contribution in [2.45, 2.75) is 39.7 Å². The minimum atomic E-state index is -0.873. The van der Waals surface area contributed by atoms with Crippen LogP contribution in [0.2, 0.25) is 5.02 Å². The molecule has 3 aromatic heterocycles. The number of carboxylic acids is 1. The smallest absolute Gasteiger partial charge is 0.307 e. The van der Waals surface area contributed by atoms with Crippen LogP contribution in [0.1, 0.15) is 31.9 Å². The highest BCUT2D eigenvalue weighted by Crippen LogP contribution is 2.41. The number of rotatable bonds is 5. The van der Waals surface area contributed by atoms with Gasteiger partial charge in [-0.2, -0.15) is 5.10 Å². The molecular formula is C32H29ClN4O3S. The fraction of sp³-hybridized carbons (Fsp3) is 0.188. The predicted molar refractivity (Wildman–Crippen MR) is 166 cm³/mol. The molecule has 0 saturated heterocycles. The van der Waals surface area contributed by atoms with Gasteiger partial charge in [0.1, 0.15) is 5.01 Å². The Bertz CT molecular complexity index is 1860. The summed E-state index contributed by atoms with van der Waals surface area (Å²) in [4.78, 5) is 21.2. The Balaban J connectivity index is 0.000000623. The largest absolute Gasteiger partial charge is 0.481 e. The van der Waals surface area contributed by atoms with Gasteiger partial charge in [0.05, 0.1) is 34.0 Å². The summed E-state index contributed by atoms with van der Waals surface area (Å²) in [6, 6.07) is 21.4. The number of fused-ring (bicyclic) bond motifs is 2. The molecule has 0 bridgehead atoms. The first-order valence-electron chi connectivity index (χ1n) is 13.0. The molecule has 208 valence electrons. The van der Waals surface area contributed by atoms with Crippen LogP contribution in [0.3, 0.4) is 0 Å². The van der Waals surface area contributed by atoms with Crippen LogP contribution in [0.4, 0.5) is 0 Å². The van der Waals surface area contributed by atoms with Crippen LogP contribution in [0, 0.1) is 6.92 Å². The molecule has 0 radical (unpaired) electrons. The molecule has 0 atom stereocenters. The number of hydrogen-bond acceptors (Lipinski definition) is 6. The standard InChI is InChI=1S/C28H19ClN4O2S.C4H10O/c1-16-12-22-27(26(21(16)14-25(34)35)17-6-8-20(29)9-7-17)36-28(32-22)18-10-11-30-24(13-18)33-23-5-3-2-4-19(23)15-31-33;1-4(2,3)5/h2-13,15H,14H2,1H3,(H,34,35);5H,1-3H3. The summed E-state index contributed by atoms with van der Waals surface area (Å²) in [6.45, 7) is 7.16. The Hall–Kier alpha value is -4.11. The topological polar surface area (TPSA) is 101 Å². The van der Waals surface area contributed by atoms with E-state index in [1.165, 1.54) is 0 Å². The lowest BCUT2D eigenvalue weighted by molar-refractivity contribution is -0.136. The molecule has 0 fully saturated rings. The van der Waals surface area contributed by atoms with Gasteiger partial charge >= 0.3 is 5.97 Å². The van der Waals surface area contributed by atoms with Gasteiger partial charge < -0.3 is 10.2 Å². The van der Waals surface area contributed by atoms with Gasteiger partial charge in [-0.1, -0.05) is 41.9 Å². The first kappa shape index (κ1) is 28.4. The molecule has 0 aliphatic carbocycles. The molecule has 0 saturated carbocycles. The molecule has 6 rings (SSSR count). The molecule has 0 aliphatic heterocycles. The highest BCUT2D eigenvalue weighted by Gasteiger charge is 2.20. The van der Waals surface area contributed by atoms with Crippen LogP contribution in [0.25, 0.3) is 48.6 Å². The number of aliphatic carboxylic acids is 1. The van der Waals surface area contributed by atoms with Gasteiger partial charge in [0.15, 0.2) is 5.82 Å². The number of carbonyl (C=O) groups is 1. The third-order valence-corrected chi connectivity index (χ3v) is 7.55. The van der Waals surface area contributed by atoms with Crippen molar-refractivity contribution in [3.8, 4) is 27.5 Å². The Morgan fingerprint density at radius 1 is 1.02 bits per heavy atom. The molecule has 0 unspecified atom stereocenters. The average Bonchev–Trinajstić information content (AvgIpc) is 3.53. The van der Waals surface area contributed by atoms with Crippen molar-refractivity contribution in [3.05, 3.63) is 95.3 Å². The number of hydrogen-bond donors (Lipinski definition) is 2. The quantitative estimate of drug-likeness (QED) is 0.215. The SMILES string of the molecule is CC(C)(C)O.Cc1cc2nc(-c3ccnc(-n4ncc5ccccc54)c3)sc2c(-c2ccc(Cl)cc2)c1CC(=O)O. The number of pyridine rings is 1. The van der Waals surface area contributed by atoms with Crippen molar-refractivity contribution in [1.29, 1.82) is 0 Å². The number of halogens is 1. The van der Waals surface area contributed by atoms with Crippen molar-refractivity contribution >= 4 is 50.0 Å². The van der Waals surface area contributed by atoms with E-state index in [4.69, 9.17) is 21.7 Å². The average molecular weight is 585 g/mol. The minimum Gasteiger partial charge on any atom is -0.481 e. The summed E-state index contributed by atoms with van der Waals surface area (Å²) >= 11 is 7.67. The van der Waals surface area contributed by atoms with Gasteiger partial charge in [-0.3, -0.25) is 4.79 Å². The summed E-state index contributed by atoms with van der Waals surface area (Å²) in [6.07, 6.45) is 3.51. The maximum absolute atomic E-state index is 11.7. The van der Waals surface area contributed by atoms with Crippen LogP contribution in [-0.2, 0) is 11.2 Å². The molecule has 6 aromatic rings. The van der Waals surface area contributed by atoms with E-state index in [9.17, 15) is 9.90 Å². The number of benzene rings is 3. The highest BCUT2D eigenvalue weighted by molar-refractivity contribution is 7.22. The lowest BCUT2D eigenvalue weighted by Gasteiger charge is -2.13. The summed E-state index contributed by atoms with van der Waals surface area (Å²) in [5, 5.41) is 25.2. The highest BCUT2D eigenvalue weighted by atomic mass is 35.5. The molecule has 2 N–H and O–H groups in total. The first-order chi connectivity index (χ1) is 19.5. The maximum Gasteiger partial charge on any atom is 0.307 e. The lowest BCUT2D eigenvalue weighted by atomic mass is 9.93. The van der Waals surface area contributed by atoms with E-state index in [0.717, 1.165) is 53.9 Å². The van der Waals surface area contributed by atoms with Crippen LogP contribution < -0.4 is 0 Å². The fourth-order valence-electron chi connectivity index (χ4n) is 4.48. The fourth-order valence-corrected chi connectivity index (χ4v) is 5.74. The molecule has 9 heteroatoms. The minimum absolute atomic E-state index is 0.0707. The molecule has 7 nitrogen and oxygen atoms in total. The van der Waals surface area contributed by atoms with Crippen LogP contribution >= 0.6 is 22.9 Å². The molecule has 0 amide bonds. The van der Waals surface area contributed by atoms with Crippen molar-refractivity contribution < 1.29 is 15.0 Å². The van der Waals surface area contributed by atoms with E-state index in [0.29, 0.717) is 10.8 Å². The van der Waals surface area contributed by atoms with Crippen LogP contribution in [-0.4, -0.2) is 41.5 Å². The predicted octanol–water partition coefficient (Wildman–Crippen LogP) is 7.73. The Morgan fingerprint density at radius 3 is 2.44 bits per heavy atom. The number of nitrogens with zero attached hydrogens (tertiary/aromatic N) is 4. The zero-order valence-corrected chi connectivity index (χ0v) is 24.7.